The van der Waals surface area contributed by atoms with Gasteiger partial charge in [-0.1, -0.05) is 0 Å². The number of hydrogen-bond acceptors (Lipinski definition) is 5. The Morgan fingerprint density at radius 3 is 2.78 bits per heavy atom. The van der Waals surface area contributed by atoms with Crippen LogP contribution in [0.4, 0.5) is 0 Å². The Morgan fingerprint density at radius 1 is 1.50 bits per heavy atom. The van der Waals surface area contributed by atoms with Crippen molar-refractivity contribution in [1.82, 2.24) is 29.8 Å². The number of carboxylic acids is 1. The van der Waals surface area contributed by atoms with Gasteiger partial charge in [-0.3, -0.25) is 4.79 Å². The van der Waals surface area contributed by atoms with E-state index in [4.69, 9.17) is 5.11 Å². The Morgan fingerprint density at radius 2 is 2.22 bits per heavy atom. The quantitative estimate of drug-likeness (QED) is 0.831. The van der Waals surface area contributed by atoms with Crippen LogP contribution in [0.5, 0.6) is 0 Å². The van der Waals surface area contributed by atoms with Crippen LogP contribution in [0.3, 0.4) is 0 Å². The summed E-state index contributed by atoms with van der Waals surface area (Å²) in [5, 5.41) is 20.5. The molecule has 96 valence electrons. The molecule has 0 atom stereocenters. The van der Waals surface area contributed by atoms with Crippen molar-refractivity contribution in [1.29, 1.82) is 0 Å². The van der Waals surface area contributed by atoms with Gasteiger partial charge in [0.05, 0.1) is 24.5 Å². The maximum absolute atomic E-state index is 11.1. The lowest BCUT2D eigenvalue weighted by atomic mass is 9.94. The minimum atomic E-state index is -0.942. The van der Waals surface area contributed by atoms with E-state index in [1.54, 1.807) is 30.9 Å². The number of aryl methyl sites for hydroxylation is 1. The van der Waals surface area contributed by atoms with Gasteiger partial charge in [-0.25, -0.2) is 9.67 Å². The third kappa shape index (κ3) is 2.08. The number of hydrogen-bond donors (Lipinski definition) is 1. The van der Waals surface area contributed by atoms with E-state index in [1.807, 2.05) is 7.05 Å². The van der Waals surface area contributed by atoms with Crippen LogP contribution in [-0.2, 0) is 18.4 Å². The van der Waals surface area contributed by atoms with Crippen LogP contribution in [0.2, 0.25) is 0 Å². The summed E-state index contributed by atoms with van der Waals surface area (Å²) in [7, 11) is 1.82. The lowest BCUT2D eigenvalue weighted by Crippen LogP contribution is -2.30. The second kappa shape index (κ2) is 4.21. The lowest BCUT2D eigenvalue weighted by molar-refractivity contribution is -0.147. The van der Waals surface area contributed by atoms with Gasteiger partial charge in [-0.15, -0.1) is 5.10 Å². The van der Waals surface area contributed by atoms with Gasteiger partial charge in [0.1, 0.15) is 5.69 Å². The highest BCUT2D eigenvalue weighted by atomic mass is 16.4. The Balaban J connectivity index is 2.35. The molecule has 0 radical (unpaired) electrons. The van der Waals surface area contributed by atoms with E-state index in [9.17, 15) is 4.79 Å². The molecule has 0 fully saturated rings. The molecule has 2 aromatic heterocycles. The zero-order chi connectivity index (χ0) is 13.3. The summed E-state index contributed by atoms with van der Waals surface area (Å²) in [5.74, 6) is -0.390. The van der Waals surface area contributed by atoms with Gasteiger partial charge in [0.25, 0.3) is 0 Å². The Labute approximate surface area is 103 Å². The summed E-state index contributed by atoms with van der Waals surface area (Å²) >= 11 is 0. The first-order valence-corrected chi connectivity index (χ1v) is 5.38. The fourth-order valence-electron chi connectivity index (χ4n) is 1.51. The largest absolute Gasteiger partial charge is 0.481 e. The van der Waals surface area contributed by atoms with E-state index in [0.717, 1.165) is 5.69 Å². The first kappa shape index (κ1) is 12.2. The summed E-state index contributed by atoms with van der Waals surface area (Å²) in [5.41, 5.74) is -0.205. The van der Waals surface area contributed by atoms with Crippen LogP contribution in [0.1, 0.15) is 13.8 Å². The van der Waals surface area contributed by atoms with Crippen molar-refractivity contribution in [2.45, 2.75) is 20.4 Å². The van der Waals surface area contributed by atoms with Gasteiger partial charge in [-0.2, -0.15) is 0 Å². The van der Waals surface area contributed by atoms with Crippen LogP contribution in [-0.4, -0.2) is 40.8 Å². The fourth-order valence-corrected chi connectivity index (χ4v) is 1.51. The number of aromatic nitrogens is 6. The maximum Gasteiger partial charge on any atom is 0.310 e. The molecule has 18 heavy (non-hydrogen) atoms. The number of imidazole rings is 1. The average molecular weight is 250 g/mol. The predicted molar refractivity (Wildman–Crippen MR) is 61.4 cm³/mol. The standard InChI is InChI=1S/C10H14N6O2/c1-10(2,9(17)18)5-16-8(12-13-14-16)7-4-11-6-15(7)3/h4,6H,5H2,1-3H3,(H,17,18). The van der Waals surface area contributed by atoms with Crippen LogP contribution >= 0.6 is 0 Å². The zero-order valence-electron chi connectivity index (χ0n) is 10.4. The summed E-state index contributed by atoms with van der Waals surface area (Å²) < 4.78 is 3.25. The number of carbonyl (C=O) groups is 1. The summed E-state index contributed by atoms with van der Waals surface area (Å²) in [6, 6.07) is 0. The smallest absolute Gasteiger partial charge is 0.310 e. The molecule has 0 amide bonds. The predicted octanol–water partition coefficient (Wildman–Crippen LogP) is 0.184. The fraction of sp³-hybridized carbons (Fsp3) is 0.500. The highest BCUT2D eigenvalue weighted by Crippen LogP contribution is 2.21. The van der Waals surface area contributed by atoms with Gasteiger partial charge in [-0.05, 0) is 24.3 Å². The number of tetrazole rings is 1. The minimum absolute atomic E-state index is 0.190. The van der Waals surface area contributed by atoms with E-state index in [1.165, 1.54) is 4.68 Å². The van der Waals surface area contributed by atoms with Crippen molar-refractivity contribution in [2.24, 2.45) is 12.5 Å². The summed E-state index contributed by atoms with van der Waals surface area (Å²) in [6.45, 7) is 3.45. The SMILES string of the molecule is Cn1cncc1-c1nnnn1CC(C)(C)C(=O)O. The molecule has 0 saturated heterocycles. The van der Waals surface area contributed by atoms with Gasteiger partial charge in [0, 0.05) is 7.05 Å². The molecule has 0 aliphatic heterocycles. The summed E-state index contributed by atoms with van der Waals surface area (Å²) in [4.78, 5) is 15.1. The average Bonchev–Trinajstić information content (AvgIpc) is 2.86. The van der Waals surface area contributed by atoms with Crippen LogP contribution in [0, 0.1) is 5.41 Å². The van der Waals surface area contributed by atoms with E-state index in [-0.39, 0.29) is 6.54 Å². The molecule has 0 aliphatic rings. The first-order chi connectivity index (χ1) is 8.42. The molecular weight excluding hydrogens is 236 g/mol. The highest BCUT2D eigenvalue weighted by Gasteiger charge is 2.30. The molecule has 8 heteroatoms. The Hall–Kier alpha value is -2.25. The zero-order valence-corrected chi connectivity index (χ0v) is 10.4. The van der Waals surface area contributed by atoms with Crippen molar-refractivity contribution in [2.75, 3.05) is 0 Å². The summed E-state index contributed by atoms with van der Waals surface area (Å²) in [6.07, 6.45) is 3.27. The van der Waals surface area contributed by atoms with E-state index in [0.29, 0.717) is 5.82 Å². The molecule has 0 saturated carbocycles. The normalized spacial score (nSPS) is 11.7. The number of nitrogens with zero attached hydrogens (tertiary/aromatic N) is 6. The Bertz CT molecular complexity index is 570. The number of carboxylic acid groups (broad SMARTS) is 1. The van der Waals surface area contributed by atoms with Crippen molar-refractivity contribution in [3.63, 3.8) is 0 Å². The molecule has 0 aliphatic carbocycles. The monoisotopic (exact) mass is 250 g/mol. The molecule has 0 spiro atoms. The molecule has 2 rings (SSSR count). The Kier molecular flexibility index (Phi) is 2.85. The van der Waals surface area contributed by atoms with Gasteiger partial charge >= 0.3 is 5.97 Å². The molecular formula is C10H14N6O2. The topological polar surface area (TPSA) is 98.7 Å². The maximum atomic E-state index is 11.1. The first-order valence-electron chi connectivity index (χ1n) is 5.38. The van der Waals surface area contributed by atoms with Crippen molar-refractivity contribution in [3.8, 4) is 11.5 Å². The van der Waals surface area contributed by atoms with Crippen molar-refractivity contribution >= 4 is 5.97 Å². The molecule has 1 N–H and O–H groups in total. The molecule has 0 bridgehead atoms. The van der Waals surface area contributed by atoms with Gasteiger partial charge in [0.2, 0.25) is 0 Å². The van der Waals surface area contributed by atoms with E-state index >= 15 is 0 Å². The van der Waals surface area contributed by atoms with Crippen molar-refractivity contribution in [3.05, 3.63) is 12.5 Å². The van der Waals surface area contributed by atoms with Gasteiger partial charge in [0.15, 0.2) is 5.82 Å². The van der Waals surface area contributed by atoms with Crippen LogP contribution in [0.25, 0.3) is 11.5 Å². The molecule has 0 unspecified atom stereocenters. The second-order valence-electron chi connectivity index (χ2n) is 4.74. The third-order valence-corrected chi connectivity index (χ3v) is 2.70. The molecule has 0 aromatic carbocycles. The minimum Gasteiger partial charge on any atom is -0.481 e. The highest BCUT2D eigenvalue weighted by molar-refractivity contribution is 5.73. The van der Waals surface area contributed by atoms with Crippen LogP contribution in [0.15, 0.2) is 12.5 Å². The van der Waals surface area contributed by atoms with E-state index < -0.39 is 11.4 Å². The molecule has 8 nitrogen and oxygen atoms in total. The lowest BCUT2D eigenvalue weighted by Gasteiger charge is -2.18. The molecule has 2 aromatic rings. The second-order valence-corrected chi connectivity index (χ2v) is 4.74. The number of aliphatic carboxylic acids is 1. The van der Waals surface area contributed by atoms with Crippen molar-refractivity contribution < 1.29 is 9.90 Å². The number of rotatable bonds is 4. The third-order valence-electron chi connectivity index (χ3n) is 2.70. The van der Waals surface area contributed by atoms with Crippen LogP contribution < -0.4 is 0 Å². The van der Waals surface area contributed by atoms with Gasteiger partial charge < -0.3 is 9.67 Å². The molecule has 2 heterocycles. The van der Waals surface area contributed by atoms with E-state index in [2.05, 4.69) is 20.5 Å².